The summed E-state index contributed by atoms with van der Waals surface area (Å²) in [5, 5.41) is 7.06. The van der Waals surface area contributed by atoms with Crippen LogP contribution in [-0.4, -0.2) is 42.3 Å². The third kappa shape index (κ3) is 1.67. The van der Waals surface area contributed by atoms with Gasteiger partial charge in [-0.2, -0.15) is 0 Å². The molecule has 5 heteroatoms. The van der Waals surface area contributed by atoms with Crippen molar-refractivity contribution in [2.24, 2.45) is 0 Å². The van der Waals surface area contributed by atoms with Gasteiger partial charge in [0.15, 0.2) is 11.6 Å². The zero-order valence-corrected chi connectivity index (χ0v) is 13.3. The van der Waals surface area contributed by atoms with Crippen LogP contribution in [0.25, 0.3) is 0 Å². The van der Waals surface area contributed by atoms with E-state index in [0.29, 0.717) is 22.3 Å². The molecule has 0 amide bonds. The van der Waals surface area contributed by atoms with Crippen LogP contribution in [0, 0.1) is 0 Å². The molecule has 2 heterocycles. The standard InChI is InChI=1S/C19H17N3O2/c1-22-9-8-19(10-22)20-14-7-6-13-15(16(14)21-19)18(24)12-5-3-2-4-11(12)17(13)23/h2-7,20-21H,8-10H2,1H3. The summed E-state index contributed by atoms with van der Waals surface area (Å²) < 4.78 is 0. The van der Waals surface area contributed by atoms with Gasteiger partial charge < -0.3 is 15.5 Å². The minimum Gasteiger partial charge on any atom is -0.360 e. The van der Waals surface area contributed by atoms with E-state index >= 15 is 0 Å². The van der Waals surface area contributed by atoms with Crippen LogP contribution in [0.3, 0.4) is 0 Å². The number of nitrogens with one attached hydrogen (secondary N) is 2. The average molecular weight is 319 g/mol. The molecule has 0 bridgehead atoms. The fourth-order valence-electron chi connectivity index (χ4n) is 4.15. The van der Waals surface area contributed by atoms with Crippen LogP contribution in [0.5, 0.6) is 0 Å². The van der Waals surface area contributed by atoms with Crippen molar-refractivity contribution in [3.63, 3.8) is 0 Å². The molecule has 0 aromatic heterocycles. The number of hydrogen-bond acceptors (Lipinski definition) is 5. The summed E-state index contributed by atoms with van der Waals surface area (Å²) in [5.74, 6) is -0.149. The Balaban J connectivity index is 1.67. The van der Waals surface area contributed by atoms with Gasteiger partial charge in [-0.25, -0.2) is 0 Å². The largest absolute Gasteiger partial charge is 0.360 e. The quantitative estimate of drug-likeness (QED) is 0.666. The van der Waals surface area contributed by atoms with E-state index in [2.05, 4.69) is 22.6 Å². The number of likely N-dealkylation sites (tertiary alicyclic amines) is 1. The van der Waals surface area contributed by atoms with Gasteiger partial charge in [-0.05, 0) is 19.2 Å². The molecule has 2 aromatic carbocycles. The van der Waals surface area contributed by atoms with E-state index in [9.17, 15) is 9.59 Å². The van der Waals surface area contributed by atoms with Crippen molar-refractivity contribution in [1.29, 1.82) is 0 Å². The molecule has 1 atom stereocenters. The smallest absolute Gasteiger partial charge is 0.196 e. The Bertz CT molecular complexity index is 921. The lowest BCUT2D eigenvalue weighted by atomic mass is 9.83. The Morgan fingerprint density at radius 3 is 2.42 bits per heavy atom. The van der Waals surface area contributed by atoms with Crippen molar-refractivity contribution in [1.82, 2.24) is 4.90 Å². The fraction of sp³-hybridized carbons (Fsp3) is 0.263. The van der Waals surface area contributed by atoms with Gasteiger partial charge in [0, 0.05) is 36.2 Å². The molecule has 1 aliphatic carbocycles. The number of hydrogen-bond donors (Lipinski definition) is 2. The third-order valence-corrected chi connectivity index (χ3v) is 5.29. The summed E-state index contributed by atoms with van der Waals surface area (Å²) in [5.41, 5.74) is 3.43. The van der Waals surface area contributed by atoms with Gasteiger partial charge in [0.1, 0.15) is 5.66 Å². The van der Waals surface area contributed by atoms with Crippen LogP contribution in [0.1, 0.15) is 38.3 Å². The first-order valence-corrected chi connectivity index (χ1v) is 8.18. The van der Waals surface area contributed by atoms with Crippen LogP contribution in [-0.2, 0) is 0 Å². The van der Waals surface area contributed by atoms with Crippen molar-refractivity contribution >= 4 is 22.9 Å². The van der Waals surface area contributed by atoms with E-state index in [1.54, 1.807) is 30.3 Å². The molecule has 24 heavy (non-hydrogen) atoms. The average Bonchev–Trinajstić information content (AvgIpc) is 3.13. The molecule has 2 aromatic rings. The number of carbonyl (C=O) groups is 2. The van der Waals surface area contributed by atoms with Crippen LogP contribution in [0.2, 0.25) is 0 Å². The summed E-state index contributed by atoms with van der Waals surface area (Å²) in [4.78, 5) is 28.1. The highest BCUT2D eigenvalue weighted by Crippen LogP contribution is 2.44. The predicted octanol–water partition coefficient (Wildman–Crippen LogP) is 2.33. The van der Waals surface area contributed by atoms with Crippen molar-refractivity contribution in [3.8, 4) is 0 Å². The number of rotatable bonds is 0. The molecule has 5 rings (SSSR count). The zero-order valence-electron chi connectivity index (χ0n) is 13.3. The molecule has 1 fully saturated rings. The van der Waals surface area contributed by atoms with Crippen molar-refractivity contribution in [3.05, 3.63) is 58.7 Å². The first-order chi connectivity index (χ1) is 11.6. The second-order valence-corrected chi connectivity index (χ2v) is 6.93. The number of likely N-dealkylation sites (N-methyl/N-ethyl adjacent to an activating group) is 1. The minimum absolute atomic E-state index is 0.0743. The van der Waals surface area contributed by atoms with E-state index in [1.165, 1.54) is 0 Å². The van der Waals surface area contributed by atoms with E-state index in [4.69, 9.17) is 0 Å². The maximum absolute atomic E-state index is 13.1. The molecular weight excluding hydrogens is 302 g/mol. The van der Waals surface area contributed by atoms with Crippen LogP contribution >= 0.6 is 0 Å². The van der Waals surface area contributed by atoms with Crippen LogP contribution in [0.15, 0.2) is 36.4 Å². The second kappa shape index (κ2) is 4.45. The molecular formula is C19H17N3O2. The summed E-state index contributed by atoms with van der Waals surface area (Å²) in [6, 6.07) is 10.7. The monoisotopic (exact) mass is 319 g/mol. The van der Waals surface area contributed by atoms with Crippen molar-refractivity contribution in [2.75, 3.05) is 30.8 Å². The van der Waals surface area contributed by atoms with Crippen LogP contribution in [0.4, 0.5) is 11.4 Å². The number of fused-ring (bicyclic) bond motifs is 4. The van der Waals surface area contributed by atoms with E-state index < -0.39 is 0 Å². The number of ketones is 2. The number of carbonyl (C=O) groups excluding carboxylic acids is 2. The highest BCUT2D eigenvalue weighted by Gasteiger charge is 2.44. The predicted molar refractivity (Wildman–Crippen MR) is 91.8 cm³/mol. The Morgan fingerprint density at radius 2 is 1.71 bits per heavy atom. The molecule has 2 aliphatic heterocycles. The lowest BCUT2D eigenvalue weighted by Gasteiger charge is -2.25. The topological polar surface area (TPSA) is 61.4 Å². The van der Waals surface area contributed by atoms with Gasteiger partial charge >= 0.3 is 0 Å². The lowest BCUT2D eigenvalue weighted by Crippen LogP contribution is -2.44. The molecule has 5 nitrogen and oxygen atoms in total. The number of benzene rings is 2. The SMILES string of the molecule is CN1CCC2(C1)Nc1ccc3c(c1N2)C(=O)c1ccccc1C3=O. The first-order valence-electron chi connectivity index (χ1n) is 8.18. The maximum atomic E-state index is 13.1. The summed E-state index contributed by atoms with van der Waals surface area (Å²) in [6.45, 7) is 1.85. The highest BCUT2D eigenvalue weighted by atomic mass is 16.1. The summed E-state index contributed by atoms with van der Waals surface area (Å²) in [7, 11) is 2.08. The van der Waals surface area contributed by atoms with Gasteiger partial charge in [-0.3, -0.25) is 9.59 Å². The van der Waals surface area contributed by atoms with Gasteiger partial charge in [0.2, 0.25) is 0 Å². The van der Waals surface area contributed by atoms with Gasteiger partial charge in [0.05, 0.1) is 16.9 Å². The first kappa shape index (κ1) is 13.7. The van der Waals surface area contributed by atoms with E-state index in [1.807, 2.05) is 6.07 Å². The van der Waals surface area contributed by atoms with Gasteiger partial charge in [0.25, 0.3) is 0 Å². The molecule has 3 aliphatic rings. The zero-order chi connectivity index (χ0) is 16.5. The number of anilines is 2. The third-order valence-electron chi connectivity index (χ3n) is 5.29. The maximum Gasteiger partial charge on any atom is 0.196 e. The van der Waals surface area contributed by atoms with Gasteiger partial charge in [-0.15, -0.1) is 0 Å². The Kier molecular flexibility index (Phi) is 2.55. The Morgan fingerprint density at radius 1 is 0.958 bits per heavy atom. The summed E-state index contributed by atoms with van der Waals surface area (Å²) in [6.07, 6.45) is 0.950. The number of nitrogens with zero attached hydrogens (tertiary/aromatic N) is 1. The van der Waals surface area contributed by atoms with Crippen molar-refractivity contribution < 1.29 is 9.59 Å². The lowest BCUT2D eigenvalue weighted by molar-refractivity contribution is 0.0979. The van der Waals surface area contributed by atoms with E-state index in [0.717, 1.165) is 30.9 Å². The molecule has 0 radical (unpaired) electrons. The molecule has 120 valence electrons. The second-order valence-electron chi connectivity index (χ2n) is 6.93. The normalized spacial score (nSPS) is 24.4. The highest BCUT2D eigenvalue weighted by molar-refractivity contribution is 6.31. The molecule has 2 N–H and O–H groups in total. The Hall–Kier alpha value is -2.66. The molecule has 0 saturated carbocycles. The van der Waals surface area contributed by atoms with Gasteiger partial charge in [-0.1, -0.05) is 24.3 Å². The summed E-state index contributed by atoms with van der Waals surface area (Å²) >= 11 is 0. The van der Waals surface area contributed by atoms with E-state index in [-0.39, 0.29) is 17.2 Å². The minimum atomic E-state index is -0.244. The fourth-order valence-corrected chi connectivity index (χ4v) is 4.15. The van der Waals surface area contributed by atoms with Crippen LogP contribution < -0.4 is 10.6 Å². The molecule has 1 saturated heterocycles. The Labute approximate surface area is 139 Å². The van der Waals surface area contributed by atoms with Crippen molar-refractivity contribution in [2.45, 2.75) is 12.1 Å². The molecule has 1 spiro atoms. The molecule has 1 unspecified atom stereocenters.